The maximum absolute atomic E-state index is 12.0. The predicted octanol–water partition coefficient (Wildman–Crippen LogP) is 4.21. The van der Waals surface area contributed by atoms with E-state index in [4.69, 9.17) is 0 Å². The number of carbonyl (C=O) groups is 1. The lowest BCUT2D eigenvalue weighted by atomic mass is 9.70. The lowest BCUT2D eigenvalue weighted by molar-refractivity contribution is -0.129. The average molecular weight is 259 g/mol. The first-order valence-electron chi connectivity index (χ1n) is 5.51. The van der Waals surface area contributed by atoms with E-state index in [2.05, 4.69) is 29.4 Å². The molecule has 0 aromatic rings. The standard InChI is InChI=1S/C12H19BrO/c1-3-4-8-12(10(2)13)9-6-5-7-11(12)14/h2-9H2,1H3. The fourth-order valence-corrected chi connectivity index (χ4v) is 2.87. The van der Waals surface area contributed by atoms with Gasteiger partial charge in [-0.05, 0) is 19.3 Å². The second-order valence-corrected chi connectivity index (χ2v) is 5.18. The Bertz CT molecular complexity index is 234. The molecule has 1 atom stereocenters. The largest absolute Gasteiger partial charge is 0.299 e. The molecule has 0 amide bonds. The number of rotatable bonds is 4. The molecule has 80 valence electrons. The molecule has 0 saturated heterocycles. The van der Waals surface area contributed by atoms with Crippen LogP contribution in [-0.2, 0) is 4.79 Å². The number of halogens is 1. The van der Waals surface area contributed by atoms with Gasteiger partial charge in [-0.15, -0.1) is 0 Å². The van der Waals surface area contributed by atoms with Crippen LogP contribution in [0.4, 0.5) is 0 Å². The van der Waals surface area contributed by atoms with Gasteiger partial charge in [-0.2, -0.15) is 0 Å². The third kappa shape index (κ3) is 2.28. The SMILES string of the molecule is C=C(Br)C1(CCCC)CCCCC1=O. The monoisotopic (exact) mass is 258 g/mol. The van der Waals surface area contributed by atoms with E-state index in [1.807, 2.05) is 0 Å². The molecular weight excluding hydrogens is 240 g/mol. The minimum atomic E-state index is -0.228. The number of Topliss-reactive ketones (excluding diaryl/α,β-unsaturated/α-hetero) is 1. The summed E-state index contributed by atoms with van der Waals surface area (Å²) >= 11 is 3.45. The molecule has 2 heteroatoms. The summed E-state index contributed by atoms with van der Waals surface area (Å²) in [7, 11) is 0. The van der Waals surface area contributed by atoms with Crippen molar-refractivity contribution < 1.29 is 4.79 Å². The molecule has 1 aliphatic rings. The van der Waals surface area contributed by atoms with Gasteiger partial charge >= 0.3 is 0 Å². The number of allylic oxidation sites excluding steroid dienone is 1. The average Bonchev–Trinajstić information content (AvgIpc) is 2.16. The Balaban J connectivity index is 2.78. The highest BCUT2D eigenvalue weighted by atomic mass is 79.9. The molecule has 1 nitrogen and oxygen atoms in total. The Morgan fingerprint density at radius 2 is 2.29 bits per heavy atom. The molecule has 0 aromatic heterocycles. The topological polar surface area (TPSA) is 17.1 Å². The minimum absolute atomic E-state index is 0.228. The van der Waals surface area contributed by atoms with Gasteiger partial charge in [0.1, 0.15) is 5.78 Å². The van der Waals surface area contributed by atoms with Crippen molar-refractivity contribution in [3.8, 4) is 0 Å². The van der Waals surface area contributed by atoms with Gasteiger partial charge in [0.25, 0.3) is 0 Å². The van der Waals surface area contributed by atoms with E-state index in [1.54, 1.807) is 0 Å². The van der Waals surface area contributed by atoms with E-state index in [0.29, 0.717) is 5.78 Å². The lowest BCUT2D eigenvalue weighted by Gasteiger charge is -2.35. The Labute approximate surface area is 95.1 Å². The first-order chi connectivity index (χ1) is 6.63. The summed E-state index contributed by atoms with van der Waals surface area (Å²) in [4.78, 5) is 12.0. The van der Waals surface area contributed by atoms with Gasteiger partial charge in [0.2, 0.25) is 0 Å². The first-order valence-corrected chi connectivity index (χ1v) is 6.31. The van der Waals surface area contributed by atoms with Gasteiger partial charge < -0.3 is 0 Å². The summed E-state index contributed by atoms with van der Waals surface area (Å²) in [6.45, 7) is 6.11. The van der Waals surface area contributed by atoms with Gasteiger partial charge in [0, 0.05) is 10.9 Å². The van der Waals surface area contributed by atoms with Crippen molar-refractivity contribution in [2.75, 3.05) is 0 Å². The Morgan fingerprint density at radius 1 is 1.57 bits per heavy atom. The van der Waals surface area contributed by atoms with Crippen LogP contribution in [0.5, 0.6) is 0 Å². The van der Waals surface area contributed by atoms with Crippen molar-refractivity contribution in [3.05, 3.63) is 11.1 Å². The molecule has 0 N–H and O–H groups in total. The zero-order valence-electron chi connectivity index (χ0n) is 8.94. The summed E-state index contributed by atoms with van der Waals surface area (Å²) in [5.74, 6) is 0.402. The van der Waals surface area contributed by atoms with Crippen molar-refractivity contribution in [1.29, 1.82) is 0 Å². The fourth-order valence-electron chi connectivity index (χ4n) is 2.26. The zero-order valence-corrected chi connectivity index (χ0v) is 10.5. The molecule has 1 aliphatic carbocycles. The van der Waals surface area contributed by atoms with Crippen LogP contribution in [0.2, 0.25) is 0 Å². The first kappa shape index (κ1) is 12.0. The van der Waals surface area contributed by atoms with Crippen LogP contribution in [0.15, 0.2) is 11.1 Å². The van der Waals surface area contributed by atoms with Crippen molar-refractivity contribution >= 4 is 21.7 Å². The maximum atomic E-state index is 12.0. The third-order valence-corrected chi connectivity index (χ3v) is 4.03. The van der Waals surface area contributed by atoms with E-state index < -0.39 is 0 Å². The molecule has 1 saturated carbocycles. The van der Waals surface area contributed by atoms with Crippen molar-refractivity contribution in [2.24, 2.45) is 5.41 Å². The molecule has 14 heavy (non-hydrogen) atoms. The van der Waals surface area contributed by atoms with Gasteiger partial charge in [-0.3, -0.25) is 4.79 Å². The quantitative estimate of drug-likeness (QED) is 0.738. The van der Waals surface area contributed by atoms with Crippen LogP contribution >= 0.6 is 15.9 Å². The Kier molecular flexibility index (Phi) is 4.36. The third-order valence-electron chi connectivity index (χ3n) is 3.27. The van der Waals surface area contributed by atoms with Gasteiger partial charge in [-0.1, -0.05) is 48.7 Å². The van der Waals surface area contributed by atoms with E-state index in [9.17, 15) is 4.79 Å². The number of hydrogen-bond acceptors (Lipinski definition) is 1. The summed E-state index contributed by atoms with van der Waals surface area (Å²) in [5.41, 5.74) is -0.228. The number of unbranched alkanes of at least 4 members (excludes halogenated alkanes) is 1. The van der Waals surface area contributed by atoms with Crippen molar-refractivity contribution in [1.82, 2.24) is 0 Å². The van der Waals surface area contributed by atoms with E-state index >= 15 is 0 Å². The van der Waals surface area contributed by atoms with Crippen molar-refractivity contribution in [3.63, 3.8) is 0 Å². The van der Waals surface area contributed by atoms with Crippen LogP contribution < -0.4 is 0 Å². The lowest BCUT2D eigenvalue weighted by Crippen LogP contribution is -2.34. The highest BCUT2D eigenvalue weighted by Gasteiger charge is 2.40. The van der Waals surface area contributed by atoms with Crippen LogP contribution in [0.3, 0.4) is 0 Å². The molecule has 0 heterocycles. The molecule has 0 aromatic carbocycles. The van der Waals surface area contributed by atoms with Crippen LogP contribution in [0, 0.1) is 5.41 Å². The zero-order chi connectivity index (χ0) is 10.6. The number of hydrogen-bond donors (Lipinski definition) is 0. The number of ketones is 1. The van der Waals surface area contributed by atoms with E-state index in [-0.39, 0.29) is 5.41 Å². The van der Waals surface area contributed by atoms with Crippen LogP contribution in [0.25, 0.3) is 0 Å². The predicted molar refractivity (Wildman–Crippen MR) is 63.5 cm³/mol. The Hall–Kier alpha value is -0.110. The molecule has 0 aliphatic heterocycles. The highest BCUT2D eigenvalue weighted by Crippen LogP contribution is 2.45. The summed E-state index contributed by atoms with van der Waals surface area (Å²) in [5, 5.41) is 0. The van der Waals surface area contributed by atoms with Gasteiger partial charge in [0.05, 0.1) is 5.41 Å². The van der Waals surface area contributed by atoms with Gasteiger partial charge in [-0.25, -0.2) is 0 Å². The maximum Gasteiger partial charge on any atom is 0.143 e. The van der Waals surface area contributed by atoms with Crippen LogP contribution in [0.1, 0.15) is 51.9 Å². The van der Waals surface area contributed by atoms with Crippen molar-refractivity contribution in [2.45, 2.75) is 51.9 Å². The normalized spacial score (nSPS) is 27.7. The number of carbonyl (C=O) groups excluding carboxylic acids is 1. The van der Waals surface area contributed by atoms with Gasteiger partial charge in [0.15, 0.2) is 0 Å². The summed E-state index contributed by atoms with van der Waals surface area (Å²) < 4.78 is 0.906. The molecule has 0 spiro atoms. The molecule has 0 bridgehead atoms. The molecule has 1 unspecified atom stereocenters. The molecular formula is C12H19BrO. The summed E-state index contributed by atoms with van der Waals surface area (Å²) in [6, 6.07) is 0. The fraction of sp³-hybridized carbons (Fsp3) is 0.750. The highest BCUT2D eigenvalue weighted by molar-refractivity contribution is 9.11. The smallest absolute Gasteiger partial charge is 0.143 e. The molecule has 1 fully saturated rings. The van der Waals surface area contributed by atoms with Crippen LogP contribution in [-0.4, -0.2) is 5.78 Å². The van der Waals surface area contributed by atoms with E-state index in [0.717, 1.165) is 43.0 Å². The molecule has 1 rings (SSSR count). The molecule has 0 radical (unpaired) electrons. The summed E-state index contributed by atoms with van der Waals surface area (Å²) in [6.07, 6.45) is 7.22. The second-order valence-electron chi connectivity index (χ2n) is 4.22. The Morgan fingerprint density at radius 3 is 2.79 bits per heavy atom. The minimum Gasteiger partial charge on any atom is -0.299 e. The van der Waals surface area contributed by atoms with E-state index in [1.165, 1.54) is 6.42 Å². The second kappa shape index (κ2) is 5.11.